The summed E-state index contributed by atoms with van der Waals surface area (Å²) in [6, 6.07) is 3.91. The Labute approximate surface area is 165 Å². The summed E-state index contributed by atoms with van der Waals surface area (Å²) in [6.45, 7) is 4.87. The number of hydrogen-bond acceptors (Lipinski definition) is 6. The first-order valence-electron chi connectivity index (χ1n) is 10.7. The molecular weight excluding hydrogens is 354 g/mol. The Hall–Kier alpha value is -2.25. The van der Waals surface area contributed by atoms with Gasteiger partial charge >= 0.3 is 0 Å². The number of fused-ring (bicyclic) bond motifs is 2. The third-order valence-corrected chi connectivity index (χ3v) is 7.53. The highest BCUT2D eigenvalue weighted by Crippen LogP contribution is 2.49. The van der Waals surface area contributed by atoms with Gasteiger partial charge in [-0.1, -0.05) is 32.6 Å². The van der Waals surface area contributed by atoms with E-state index in [0.717, 1.165) is 38.3 Å². The Balaban J connectivity index is 1.30. The molecule has 8 nitrogen and oxygen atoms in total. The molecule has 2 atom stereocenters. The Morgan fingerprint density at radius 1 is 1.21 bits per heavy atom. The Bertz CT molecular complexity index is 874. The largest absolute Gasteiger partial charge is 0.355 e. The van der Waals surface area contributed by atoms with Crippen LogP contribution in [0.5, 0.6) is 0 Å². The van der Waals surface area contributed by atoms with Crippen molar-refractivity contribution in [3.63, 3.8) is 0 Å². The van der Waals surface area contributed by atoms with Crippen molar-refractivity contribution in [2.24, 2.45) is 16.7 Å². The fourth-order valence-corrected chi connectivity index (χ4v) is 5.72. The van der Waals surface area contributed by atoms with Gasteiger partial charge in [-0.15, -0.1) is 14.8 Å². The van der Waals surface area contributed by atoms with Crippen molar-refractivity contribution in [1.82, 2.24) is 30.6 Å². The first kappa shape index (κ1) is 17.8. The summed E-state index contributed by atoms with van der Waals surface area (Å²) in [6.07, 6.45) is 9.34. The Morgan fingerprint density at radius 2 is 2.07 bits per heavy atom. The zero-order chi connectivity index (χ0) is 19.2. The van der Waals surface area contributed by atoms with Crippen LogP contribution < -0.4 is 10.2 Å². The summed E-state index contributed by atoms with van der Waals surface area (Å²) in [5.74, 6) is 1.79. The van der Waals surface area contributed by atoms with Crippen LogP contribution in [0, 0.1) is 16.7 Å². The van der Waals surface area contributed by atoms with E-state index in [4.69, 9.17) is 0 Å². The molecule has 2 aliphatic carbocycles. The maximum atomic E-state index is 13.0. The van der Waals surface area contributed by atoms with Crippen LogP contribution >= 0.6 is 0 Å². The van der Waals surface area contributed by atoms with E-state index >= 15 is 0 Å². The normalized spacial score (nSPS) is 29.2. The van der Waals surface area contributed by atoms with Gasteiger partial charge < -0.3 is 10.2 Å². The predicted molar refractivity (Wildman–Crippen MR) is 105 cm³/mol. The third-order valence-electron chi connectivity index (χ3n) is 7.53. The van der Waals surface area contributed by atoms with Gasteiger partial charge in [0, 0.05) is 30.5 Å². The molecule has 1 amide bonds. The zero-order valence-corrected chi connectivity index (χ0v) is 16.6. The molecule has 0 radical (unpaired) electrons. The van der Waals surface area contributed by atoms with E-state index in [1.165, 1.54) is 43.2 Å². The van der Waals surface area contributed by atoms with Gasteiger partial charge in [0.05, 0.1) is 0 Å². The SMILES string of the molecule is CC1(C(=O)NC[C@]23CCC[C@H]2CN(c2ccc4nnnn4n2)C3)CCCCC1. The minimum atomic E-state index is -0.173. The summed E-state index contributed by atoms with van der Waals surface area (Å²) in [5, 5.41) is 19.5. The van der Waals surface area contributed by atoms with E-state index in [1.807, 2.05) is 12.1 Å². The van der Waals surface area contributed by atoms with Gasteiger partial charge in [0.15, 0.2) is 11.5 Å². The molecule has 0 spiro atoms. The molecule has 3 fully saturated rings. The zero-order valence-electron chi connectivity index (χ0n) is 16.6. The van der Waals surface area contributed by atoms with Crippen molar-refractivity contribution in [3.8, 4) is 0 Å². The second-order valence-corrected chi connectivity index (χ2v) is 9.35. The molecule has 0 aromatic carbocycles. The fraction of sp³-hybridized carbons (Fsp3) is 0.750. The highest BCUT2D eigenvalue weighted by molar-refractivity contribution is 5.82. The molecule has 1 saturated heterocycles. The van der Waals surface area contributed by atoms with E-state index in [-0.39, 0.29) is 16.7 Å². The predicted octanol–water partition coefficient (Wildman–Crippen LogP) is 2.21. The first-order chi connectivity index (χ1) is 13.6. The minimum Gasteiger partial charge on any atom is -0.355 e. The Morgan fingerprint density at radius 3 is 2.93 bits per heavy atom. The van der Waals surface area contributed by atoms with E-state index in [0.29, 0.717) is 11.6 Å². The second kappa shape index (κ2) is 6.67. The number of tetrazole rings is 1. The molecule has 3 heterocycles. The quantitative estimate of drug-likeness (QED) is 0.871. The minimum absolute atomic E-state index is 0.165. The van der Waals surface area contributed by atoms with Gasteiger partial charge in [-0.25, -0.2) is 0 Å². The molecular formula is C20H29N7O. The first-order valence-corrected chi connectivity index (χ1v) is 10.7. The summed E-state index contributed by atoms with van der Waals surface area (Å²) in [7, 11) is 0. The number of nitrogens with zero attached hydrogens (tertiary/aromatic N) is 6. The standard InChI is InChI=1S/C20H29N7O/c1-19(9-3-2-4-10-19)18(28)21-13-20-11-5-6-15(20)12-26(14-20)17-8-7-16-22-24-25-27(16)23-17/h7-8,15H,2-6,9-14H2,1H3,(H,21,28)/t15-,20-/m0/s1. The number of aromatic nitrogens is 5. The molecule has 28 heavy (non-hydrogen) atoms. The van der Waals surface area contributed by atoms with Crippen LogP contribution in [0.1, 0.15) is 58.3 Å². The van der Waals surface area contributed by atoms with Crippen LogP contribution in [0.15, 0.2) is 12.1 Å². The smallest absolute Gasteiger partial charge is 0.225 e. The van der Waals surface area contributed by atoms with Gasteiger partial charge in [-0.3, -0.25) is 4.79 Å². The molecule has 8 heteroatoms. The van der Waals surface area contributed by atoms with Crippen LogP contribution in [-0.4, -0.2) is 50.8 Å². The summed E-state index contributed by atoms with van der Waals surface area (Å²) in [4.78, 5) is 15.3. The van der Waals surface area contributed by atoms with Crippen LogP contribution in [0.3, 0.4) is 0 Å². The number of amides is 1. The summed E-state index contributed by atoms with van der Waals surface area (Å²) in [5.41, 5.74) is 0.650. The molecule has 0 bridgehead atoms. The van der Waals surface area contributed by atoms with Crippen molar-refractivity contribution < 1.29 is 4.79 Å². The number of carbonyl (C=O) groups excluding carboxylic acids is 1. The average Bonchev–Trinajstić information content (AvgIpc) is 3.39. The monoisotopic (exact) mass is 383 g/mol. The molecule has 1 aliphatic heterocycles. The van der Waals surface area contributed by atoms with E-state index in [1.54, 1.807) is 0 Å². The summed E-state index contributed by atoms with van der Waals surface area (Å²) >= 11 is 0. The van der Waals surface area contributed by atoms with E-state index in [9.17, 15) is 4.79 Å². The molecule has 150 valence electrons. The molecule has 2 aromatic rings. The van der Waals surface area contributed by atoms with Crippen molar-refractivity contribution >= 4 is 17.4 Å². The lowest BCUT2D eigenvalue weighted by molar-refractivity contribution is -0.132. The van der Waals surface area contributed by atoms with Crippen molar-refractivity contribution in [1.29, 1.82) is 0 Å². The van der Waals surface area contributed by atoms with Gasteiger partial charge in [-0.2, -0.15) is 0 Å². The number of carbonyl (C=O) groups is 1. The second-order valence-electron chi connectivity index (χ2n) is 9.35. The van der Waals surface area contributed by atoms with Crippen molar-refractivity contribution in [2.75, 3.05) is 24.5 Å². The third kappa shape index (κ3) is 2.93. The number of hydrogen-bond donors (Lipinski definition) is 1. The van der Waals surface area contributed by atoms with E-state index in [2.05, 4.69) is 37.8 Å². The average molecular weight is 384 g/mol. The maximum Gasteiger partial charge on any atom is 0.225 e. The van der Waals surface area contributed by atoms with Crippen molar-refractivity contribution in [2.45, 2.75) is 58.3 Å². The van der Waals surface area contributed by atoms with Gasteiger partial charge in [-0.05, 0) is 54.2 Å². The number of rotatable bonds is 4. The van der Waals surface area contributed by atoms with Gasteiger partial charge in [0.2, 0.25) is 5.91 Å². The highest BCUT2D eigenvalue weighted by atomic mass is 16.2. The van der Waals surface area contributed by atoms with Crippen LogP contribution in [-0.2, 0) is 4.79 Å². The van der Waals surface area contributed by atoms with Crippen LogP contribution in [0.4, 0.5) is 5.82 Å². The van der Waals surface area contributed by atoms with Gasteiger partial charge in [0.1, 0.15) is 0 Å². The van der Waals surface area contributed by atoms with E-state index < -0.39 is 0 Å². The number of anilines is 1. The highest BCUT2D eigenvalue weighted by Gasteiger charge is 2.50. The number of nitrogens with one attached hydrogen (secondary N) is 1. The Kier molecular flexibility index (Phi) is 4.25. The van der Waals surface area contributed by atoms with Crippen LogP contribution in [0.25, 0.3) is 5.65 Å². The van der Waals surface area contributed by atoms with Crippen molar-refractivity contribution in [3.05, 3.63) is 12.1 Å². The topological polar surface area (TPSA) is 88.3 Å². The molecule has 0 unspecified atom stereocenters. The lowest BCUT2D eigenvalue weighted by Crippen LogP contribution is -2.46. The molecule has 1 N–H and O–H groups in total. The maximum absolute atomic E-state index is 13.0. The van der Waals surface area contributed by atoms with Gasteiger partial charge in [0.25, 0.3) is 0 Å². The molecule has 3 aliphatic rings. The van der Waals surface area contributed by atoms with Crippen LogP contribution in [0.2, 0.25) is 0 Å². The molecule has 2 aromatic heterocycles. The molecule has 5 rings (SSSR count). The fourth-order valence-electron chi connectivity index (χ4n) is 5.72. The lowest BCUT2D eigenvalue weighted by Gasteiger charge is -2.35. The summed E-state index contributed by atoms with van der Waals surface area (Å²) < 4.78 is 1.49. The lowest BCUT2D eigenvalue weighted by atomic mass is 9.74. The molecule has 2 saturated carbocycles.